The molecule has 2 N–H and O–H groups in total. The standard InChI is InChI=1S/C14H20BrNOS/c1-18-9-12(6-7-17)16-14-5-2-10-8-11(15)3-4-13(10)14/h3-4,8,12,14,16-17H,2,5-7,9H2,1H3. The van der Waals surface area contributed by atoms with E-state index in [2.05, 4.69) is 45.7 Å². The van der Waals surface area contributed by atoms with Crippen molar-refractivity contribution in [1.82, 2.24) is 5.32 Å². The topological polar surface area (TPSA) is 32.3 Å². The van der Waals surface area contributed by atoms with Crippen molar-refractivity contribution in [2.75, 3.05) is 18.6 Å². The van der Waals surface area contributed by atoms with Crippen LogP contribution in [0.1, 0.15) is 30.0 Å². The van der Waals surface area contributed by atoms with Crippen molar-refractivity contribution >= 4 is 27.7 Å². The van der Waals surface area contributed by atoms with Crippen molar-refractivity contribution < 1.29 is 5.11 Å². The van der Waals surface area contributed by atoms with E-state index in [0.717, 1.165) is 23.1 Å². The Labute approximate surface area is 122 Å². The van der Waals surface area contributed by atoms with Gasteiger partial charge in [-0.3, -0.25) is 0 Å². The Kier molecular flexibility index (Phi) is 5.55. The summed E-state index contributed by atoms with van der Waals surface area (Å²) >= 11 is 5.36. The van der Waals surface area contributed by atoms with Gasteiger partial charge in [-0.15, -0.1) is 0 Å². The van der Waals surface area contributed by atoms with Crippen molar-refractivity contribution in [3.05, 3.63) is 33.8 Å². The van der Waals surface area contributed by atoms with Gasteiger partial charge in [-0.25, -0.2) is 0 Å². The number of thioether (sulfide) groups is 1. The van der Waals surface area contributed by atoms with Crippen LogP contribution in [0.15, 0.2) is 22.7 Å². The third-order valence-corrected chi connectivity index (χ3v) is 4.69. The van der Waals surface area contributed by atoms with E-state index in [9.17, 15) is 0 Å². The molecule has 0 radical (unpaired) electrons. The van der Waals surface area contributed by atoms with Crippen LogP contribution in [0, 0.1) is 0 Å². The molecule has 1 aromatic carbocycles. The van der Waals surface area contributed by atoms with Crippen LogP contribution in [0.4, 0.5) is 0 Å². The van der Waals surface area contributed by atoms with Gasteiger partial charge in [0, 0.05) is 28.9 Å². The van der Waals surface area contributed by atoms with Crippen LogP contribution in [-0.4, -0.2) is 29.8 Å². The van der Waals surface area contributed by atoms with Crippen LogP contribution in [0.25, 0.3) is 0 Å². The summed E-state index contributed by atoms with van der Waals surface area (Å²) in [5.41, 5.74) is 2.89. The highest BCUT2D eigenvalue weighted by molar-refractivity contribution is 9.10. The molecule has 18 heavy (non-hydrogen) atoms. The molecular weight excluding hydrogens is 310 g/mol. The number of rotatable bonds is 6. The number of aliphatic hydroxyl groups is 1. The molecule has 0 aromatic heterocycles. The maximum Gasteiger partial charge on any atom is 0.0446 e. The number of aryl methyl sites for hydroxylation is 1. The molecule has 100 valence electrons. The van der Waals surface area contributed by atoms with Crippen molar-refractivity contribution in [2.24, 2.45) is 0 Å². The van der Waals surface area contributed by atoms with Crippen LogP contribution in [0.2, 0.25) is 0 Å². The van der Waals surface area contributed by atoms with E-state index < -0.39 is 0 Å². The van der Waals surface area contributed by atoms with Gasteiger partial charge in [0.25, 0.3) is 0 Å². The van der Waals surface area contributed by atoms with E-state index in [1.54, 1.807) is 0 Å². The molecule has 0 saturated carbocycles. The Balaban J connectivity index is 2.03. The number of nitrogens with one attached hydrogen (secondary N) is 1. The van der Waals surface area contributed by atoms with Gasteiger partial charge < -0.3 is 10.4 Å². The van der Waals surface area contributed by atoms with Crippen LogP contribution in [0.3, 0.4) is 0 Å². The predicted molar refractivity (Wildman–Crippen MR) is 82.2 cm³/mol. The zero-order valence-corrected chi connectivity index (χ0v) is 13.1. The molecular formula is C14H20BrNOS. The average molecular weight is 330 g/mol. The molecule has 1 aromatic rings. The SMILES string of the molecule is CSCC(CCO)NC1CCc2cc(Br)ccc21. The van der Waals surface area contributed by atoms with Gasteiger partial charge in [-0.1, -0.05) is 22.0 Å². The number of benzene rings is 1. The lowest BCUT2D eigenvalue weighted by Crippen LogP contribution is -2.34. The fraction of sp³-hybridized carbons (Fsp3) is 0.571. The lowest BCUT2D eigenvalue weighted by atomic mass is 10.1. The highest BCUT2D eigenvalue weighted by atomic mass is 79.9. The van der Waals surface area contributed by atoms with E-state index in [-0.39, 0.29) is 6.61 Å². The third kappa shape index (κ3) is 3.50. The molecule has 0 bridgehead atoms. The van der Waals surface area contributed by atoms with Crippen molar-refractivity contribution in [2.45, 2.75) is 31.3 Å². The van der Waals surface area contributed by atoms with Gasteiger partial charge in [0.15, 0.2) is 0 Å². The molecule has 0 heterocycles. The van der Waals surface area contributed by atoms with E-state index in [1.165, 1.54) is 17.5 Å². The lowest BCUT2D eigenvalue weighted by Gasteiger charge is -2.22. The molecule has 2 rings (SSSR count). The van der Waals surface area contributed by atoms with Gasteiger partial charge in [0.1, 0.15) is 0 Å². The molecule has 0 aliphatic heterocycles. The normalized spacial score (nSPS) is 19.8. The van der Waals surface area contributed by atoms with Crippen LogP contribution in [-0.2, 0) is 6.42 Å². The number of aliphatic hydroxyl groups excluding tert-OH is 1. The van der Waals surface area contributed by atoms with Gasteiger partial charge in [-0.2, -0.15) is 11.8 Å². The zero-order valence-electron chi connectivity index (χ0n) is 10.7. The van der Waals surface area contributed by atoms with E-state index in [0.29, 0.717) is 12.1 Å². The molecule has 1 aliphatic carbocycles. The molecule has 0 amide bonds. The smallest absolute Gasteiger partial charge is 0.0446 e. The molecule has 0 fully saturated rings. The summed E-state index contributed by atoms with van der Waals surface area (Å²) in [5.74, 6) is 1.06. The van der Waals surface area contributed by atoms with E-state index in [4.69, 9.17) is 5.11 Å². The Morgan fingerprint density at radius 2 is 2.39 bits per heavy atom. The summed E-state index contributed by atoms with van der Waals surface area (Å²) in [7, 11) is 0. The highest BCUT2D eigenvalue weighted by Gasteiger charge is 2.24. The number of hydrogen-bond acceptors (Lipinski definition) is 3. The summed E-state index contributed by atoms with van der Waals surface area (Å²) in [6.07, 6.45) is 5.27. The summed E-state index contributed by atoms with van der Waals surface area (Å²) in [5, 5.41) is 12.8. The molecule has 4 heteroatoms. The fourth-order valence-corrected chi connectivity index (χ4v) is 3.69. The average Bonchev–Trinajstić information content (AvgIpc) is 2.72. The van der Waals surface area contributed by atoms with Crippen molar-refractivity contribution in [3.8, 4) is 0 Å². The first-order valence-electron chi connectivity index (χ1n) is 6.38. The summed E-state index contributed by atoms with van der Waals surface area (Å²) in [4.78, 5) is 0. The number of halogens is 1. The minimum atomic E-state index is 0.262. The van der Waals surface area contributed by atoms with Crippen LogP contribution in [0.5, 0.6) is 0 Å². The number of fused-ring (bicyclic) bond motifs is 1. The second-order valence-electron chi connectivity index (χ2n) is 4.77. The monoisotopic (exact) mass is 329 g/mol. The molecule has 2 atom stereocenters. The van der Waals surface area contributed by atoms with Crippen molar-refractivity contribution in [1.29, 1.82) is 0 Å². The first-order chi connectivity index (χ1) is 8.74. The Hall–Kier alpha value is -0.0300. The number of hydrogen-bond donors (Lipinski definition) is 2. The predicted octanol–water partition coefficient (Wildman–Crippen LogP) is 3.14. The molecule has 2 unspecified atom stereocenters. The summed E-state index contributed by atoms with van der Waals surface area (Å²) in [6.45, 7) is 0.262. The molecule has 1 aliphatic rings. The Morgan fingerprint density at radius 3 is 3.11 bits per heavy atom. The maximum absolute atomic E-state index is 9.11. The fourth-order valence-electron chi connectivity index (χ4n) is 2.62. The molecule has 2 nitrogen and oxygen atoms in total. The summed E-state index contributed by atoms with van der Waals surface area (Å²) < 4.78 is 1.16. The second kappa shape index (κ2) is 6.94. The first kappa shape index (κ1) is 14.4. The quantitative estimate of drug-likeness (QED) is 0.840. The van der Waals surface area contributed by atoms with Crippen LogP contribution < -0.4 is 5.32 Å². The zero-order chi connectivity index (χ0) is 13.0. The third-order valence-electron chi connectivity index (χ3n) is 3.47. The Morgan fingerprint density at radius 1 is 1.56 bits per heavy atom. The minimum absolute atomic E-state index is 0.262. The Bertz CT molecular complexity index is 393. The molecule has 0 spiro atoms. The lowest BCUT2D eigenvalue weighted by molar-refractivity contribution is 0.264. The maximum atomic E-state index is 9.11. The largest absolute Gasteiger partial charge is 0.396 e. The first-order valence-corrected chi connectivity index (χ1v) is 8.57. The van der Waals surface area contributed by atoms with Gasteiger partial charge in [0.2, 0.25) is 0 Å². The van der Waals surface area contributed by atoms with Gasteiger partial charge in [-0.05, 0) is 48.8 Å². The van der Waals surface area contributed by atoms with E-state index >= 15 is 0 Å². The summed E-state index contributed by atoms with van der Waals surface area (Å²) in [6, 6.07) is 7.43. The van der Waals surface area contributed by atoms with Crippen LogP contribution >= 0.6 is 27.7 Å². The van der Waals surface area contributed by atoms with Crippen molar-refractivity contribution in [3.63, 3.8) is 0 Å². The van der Waals surface area contributed by atoms with Gasteiger partial charge >= 0.3 is 0 Å². The van der Waals surface area contributed by atoms with E-state index in [1.807, 2.05) is 11.8 Å². The molecule has 0 saturated heterocycles. The van der Waals surface area contributed by atoms with Gasteiger partial charge in [0.05, 0.1) is 0 Å². The second-order valence-corrected chi connectivity index (χ2v) is 6.59. The highest BCUT2D eigenvalue weighted by Crippen LogP contribution is 2.33. The minimum Gasteiger partial charge on any atom is -0.396 e.